The summed E-state index contributed by atoms with van der Waals surface area (Å²) in [6.45, 7) is 2.88. The van der Waals surface area contributed by atoms with E-state index in [1.807, 2.05) is 0 Å². The molecule has 21 heavy (non-hydrogen) atoms. The summed E-state index contributed by atoms with van der Waals surface area (Å²) in [6, 6.07) is 0. The van der Waals surface area contributed by atoms with Gasteiger partial charge < -0.3 is 35.1 Å². The quantitative estimate of drug-likeness (QED) is 0.248. The van der Waals surface area contributed by atoms with Crippen molar-refractivity contribution in [1.82, 2.24) is 4.90 Å². The first kappa shape index (κ1) is 20.4. The summed E-state index contributed by atoms with van der Waals surface area (Å²) < 4.78 is 14.4. The van der Waals surface area contributed by atoms with Crippen LogP contribution in [-0.4, -0.2) is 85.1 Å². The van der Waals surface area contributed by atoms with E-state index in [1.165, 1.54) is 4.90 Å². The zero-order valence-electron chi connectivity index (χ0n) is 11.7. The van der Waals surface area contributed by atoms with Gasteiger partial charge in [0.15, 0.2) is 6.10 Å². The number of phosphoric ester groups is 1. The molecule has 0 unspecified atom stereocenters. The number of carbonyl (C=O) groups excluding carboxylic acids is 1. The van der Waals surface area contributed by atoms with E-state index in [4.69, 9.17) is 9.79 Å². The zero-order valence-corrected chi connectivity index (χ0v) is 12.6. The van der Waals surface area contributed by atoms with Gasteiger partial charge in [-0.1, -0.05) is 0 Å². The Labute approximate surface area is 121 Å². The van der Waals surface area contributed by atoms with E-state index in [0.717, 1.165) is 0 Å². The maximum Gasteiger partial charge on any atom is 0.469 e. The molecule has 126 valence electrons. The summed E-state index contributed by atoms with van der Waals surface area (Å²) in [7, 11) is -4.85. The second kappa shape index (κ2) is 8.76. The first-order valence-corrected chi connectivity index (χ1v) is 7.79. The van der Waals surface area contributed by atoms with Gasteiger partial charge in [-0.3, -0.25) is 9.32 Å². The smallest absolute Gasteiger partial charge is 0.388 e. The Bertz CT molecular complexity index is 370. The van der Waals surface area contributed by atoms with E-state index >= 15 is 0 Å². The Kier molecular flexibility index (Phi) is 8.52. The van der Waals surface area contributed by atoms with Gasteiger partial charge in [-0.05, 0) is 13.8 Å². The molecule has 0 rings (SSSR count). The molecule has 0 saturated heterocycles. The number of amides is 1. The molecule has 0 heterocycles. The standard InChI is InChI=1S/C10H22NO9P/c1-3-11(4-2)10(16)9(15)8(14)7(13)6(12)5-20-21(17,18)19/h6-9,12-15H,3-5H2,1-2H3,(H2,17,18,19)/t6-,7-,8+,9-/m1/s1. The van der Waals surface area contributed by atoms with Crippen molar-refractivity contribution < 1.29 is 44.1 Å². The van der Waals surface area contributed by atoms with E-state index in [1.54, 1.807) is 13.8 Å². The topological polar surface area (TPSA) is 168 Å². The second-order valence-electron chi connectivity index (χ2n) is 4.29. The highest BCUT2D eigenvalue weighted by molar-refractivity contribution is 7.46. The number of rotatable bonds is 9. The molecule has 0 bridgehead atoms. The molecular weight excluding hydrogens is 309 g/mol. The highest BCUT2D eigenvalue weighted by Gasteiger charge is 2.36. The van der Waals surface area contributed by atoms with Gasteiger partial charge in [0.2, 0.25) is 0 Å². The largest absolute Gasteiger partial charge is 0.469 e. The summed E-state index contributed by atoms with van der Waals surface area (Å²) in [5, 5.41) is 38.3. The minimum atomic E-state index is -4.85. The molecule has 0 saturated carbocycles. The van der Waals surface area contributed by atoms with Crippen LogP contribution in [-0.2, 0) is 13.9 Å². The molecule has 1 amide bonds. The molecule has 0 aliphatic rings. The van der Waals surface area contributed by atoms with Crippen LogP contribution in [0.25, 0.3) is 0 Å². The van der Waals surface area contributed by atoms with Gasteiger partial charge in [0.05, 0.1) is 6.61 Å². The molecule has 0 fully saturated rings. The normalized spacial score (nSPS) is 17.9. The fourth-order valence-electron chi connectivity index (χ4n) is 1.55. The lowest BCUT2D eigenvalue weighted by atomic mass is 10.0. The van der Waals surface area contributed by atoms with Crippen molar-refractivity contribution in [2.75, 3.05) is 19.7 Å². The van der Waals surface area contributed by atoms with Crippen molar-refractivity contribution in [1.29, 1.82) is 0 Å². The average molecular weight is 331 g/mol. The Morgan fingerprint density at radius 1 is 1.10 bits per heavy atom. The summed E-state index contributed by atoms with van der Waals surface area (Å²) in [5.41, 5.74) is 0. The Morgan fingerprint density at radius 2 is 1.57 bits per heavy atom. The van der Waals surface area contributed by atoms with Gasteiger partial charge in [0, 0.05) is 13.1 Å². The van der Waals surface area contributed by atoms with E-state index in [0.29, 0.717) is 0 Å². The van der Waals surface area contributed by atoms with Crippen molar-refractivity contribution in [3.05, 3.63) is 0 Å². The number of likely N-dealkylation sites (N-methyl/N-ethyl adjacent to an activating group) is 1. The van der Waals surface area contributed by atoms with E-state index in [-0.39, 0.29) is 13.1 Å². The van der Waals surface area contributed by atoms with Crippen LogP contribution >= 0.6 is 7.82 Å². The number of phosphoric acid groups is 1. The van der Waals surface area contributed by atoms with Gasteiger partial charge in [-0.25, -0.2) is 4.57 Å². The number of aliphatic hydroxyl groups is 4. The lowest BCUT2D eigenvalue weighted by molar-refractivity contribution is -0.157. The Hall–Kier alpha value is -0.580. The van der Waals surface area contributed by atoms with Crippen LogP contribution < -0.4 is 0 Å². The monoisotopic (exact) mass is 331 g/mol. The van der Waals surface area contributed by atoms with Gasteiger partial charge in [-0.15, -0.1) is 0 Å². The first-order valence-electron chi connectivity index (χ1n) is 6.26. The maximum atomic E-state index is 11.8. The first-order chi connectivity index (χ1) is 9.55. The van der Waals surface area contributed by atoms with Crippen molar-refractivity contribution in [3.8, 4) is 0 Å². The third kappa shape index (κ3) is 6.81. The molecule has 10 nitrogen and oxygen atoms in total. The Morgan fingerprint density at radius 3 is 1.95 bits per heavy atom. The van der Waals surface area contributed by atoms with Crippen LogP contribution in [0.15, 0.2) is 0 Å². The van der Waals surface area contributed by atoms with Gasteiger partial charge in [0.1, 0.15) is 18.3 Å². The lowest BCUT2D eigenvalue weighted by Gasteiger charge is -2.29. The highest BCUT2D eigenvalue weighted by atomic mass is 31.2. The SMILES string of the molecule is CCN(CC)C(=O)[C@H](O)[C@@H](O)[C@H](O)[C@H](O)COP(=O)(O)O. The summed E-state index contributed by atoms with van der Waals surface area (Å²) in [6.07, 6.45) is -7.93. The molecule has 0 aromatic heterocycles. The maximum absolute atomic E-state index is 11.8. The number of carbonyl (C=O) groups is 1. The second-order valence-corrected chi connectivity index (χ2v) is 5.53. The minimum Gasteiger partial charge on any atom is -0.388 e. The molecule has 0 spiro atoms. The molecule has 11 heteroatoms. The van der Waals surface area contributed by atoms with Crippen molar-refractivity contribution in [3.63, 3.8) is 0 Å². The number of nitrogens with zero attached hydrogens (tertiary/aromatic N) is 1. The van der Waals surface area contributed by atoms with Crippen LogP contribution in [0.1, 0.15) is 13.8 Å². The molecule has 0 aromatic carbocycles. The fourth-order valence-corrected chi connectivity index (χ4v) is 1.90. The molecular formula is C10H22NO9P. The van der Waals surface area contributed by atoms with Crippen LogP contribution in [0.2, 0.25) is 0 Å². The van der Waals surface area contributed by atoms with Crippen LogP contribution in [0.4, 0.5) is 0 Å². The summed E-state index contributed by atoms with van der Waals surface area (Å²) in [4.78, 5) is 29.9. The number of aliphatic hydroxyl groups excluding tert-OH is 4. The molecule has 6 N–H and O–H groups in total. The van der Waals surface area contributed by atoms with Gasteiger partial charge >= 0.3 is 7.82 Å². The fraction of sp³-hybridized carbons (Fsp3) is 0.900. The molecule has 0 radical (unpaired) electrons. The minimum absolute atomic E-state index is 0.277. The van der Waals surface area contributed by atoms with Crippen molar-refractivity contribution >= 4 is 13.7 Å². The Balaban J connectivity index is 4.64. The van der Waals surface area contributed by atoms with Crippen molar-refractivity contribution in [2.24, 2.45) is 0 Å². The van der Waals surface area contributed by atoms with Crippen LogP contribution in [0.5, 0.6) is 0 Å². The summed E-state index contributed by atoms with van der Waals surface area (Å²) >= 11 is 0. The molecule has 0 aliphatic heterocycles. The predicted octanol–water partition coefficient (Wildman–Crippen LogP) is -2.59. The molecule has 0 aliphatic carbocycles. The zero-order chi connectivity index (χ0) is 16.8. The third-order valence-electron chi connectivity index (χ3n) is 2.81. The van der Waals surface area contributed by atoms with E-state index < -0.39 is 44.8 Å². The van der Waals surface area contributed by atoms with E-state index in [9.17, 15) is 29.8 Å². The van der Waals surface area contributed by atoms with Crippen molar-refractivity contribution in [2.45, 2.75) is 38.3 Å². The average Bonchev–Trinajstić information content (AvgIpc) is 2.42. The third-order valence-corrected chi connectivity index (χ3v) is 3.29. The van der Waals surface area contributed by atoms with Gasteiger partial charge in [-0.2, -0.15) is 0 Å². The molecule has 4 atom stereocenters. The lowest BCUT2D eigenvalue weighted by Crippen LogP contribution is -2.52. The highest BCUT2D eigenvalue weighted by Crippen LogP contribution is 2.35. The predicted molar refractivity (Wildman–Crippen MR) is 70.0 cm³/mol. The molecule has 0 aromatic rings. The number of hydrogen-bond donors (Lipinski definition) is 6. The van der Waals surface area contributed by atoms with Crippen LogP contribution in [0, 0.1) is 0 Å². The van der Waals surface area contributed by atoms with Crippen LogP contribution in [0.3, 0.4) is 0 Å². The van der Waals surface area contributed by atoms with E-state index in [2.05, 4.69) is 4.52 Å². The summed E-state index contributed by atoms with van der Waals surface area (Å²) in [5.74, 6) is -0.838. The number of hydrogen-bond acceptors (Lipinski definition) is 7. The van der Waals surface area contributed by atoms with Gasteiger partial charge in [0.25, 0.3) is 5.91 Å².